The molecule has 0 saturated carbocycles. The molecule has 0 heterocycles. The summed E-state index contributed by atoms with van der Waals surface area (Å²) in [6.45, 7) is 8.29. The van der Waals surface area contributed by atoms with Gasteiger partial charge >= 0.3 is 0 Å². The predicted molar refractivity (Wildman–Crippen MR) is 124 cm³/mol. The summed E-state index contributed by atoms with van der Waals surface area (Å²) < 4.78 is 0. The molecule has 0 radical (unpaired) electrons. The summed E-state index contributed by atoms with van der Waals surface area (Å²) in [5.41, 5.74) is 2.87. The summed E-state index contributed by atoms with van der Waals surface area (Å²) in [6, 6.07) is 12.7. The fraction of sp³-hybridized carbons (Fsp3) is 0.417. The number of hydrogen-bond acceptors (Lipinski definition) is 2. The molecule has 30 heavy (non-hydrogen) atoms. The third-order valence-corrected chi connectivity index (χ3v) is 5.90. The molecule has 0 aliphatic heterocycles. The number of nitrogens with zero attached hydrogens (tertiary/aromatic N) is 1. The van der Waals surface area contributed by atoms with Gasteiger partial charge in [-0.1, -0.05) is 72.9 Å². The number of carbonyl (C=O) groups excluding carboxylic acids is 2. The van der Waals surface area contributed by atoms with E-state index in [4.69, 9.17) is 23.2 Å². The molecule has 2 amide bonds. The van der Waals surface area contributed by atoms with Crippen LogP contribution < -0.4 is 5.32 Å². The quantitative estimate of drug-likeness (QED) is 0.545. The molecule has 0 spiro atoms. The molecule has 0 bridgehead atoms. The smallest absolute Gasteiger partial charge is 0.243 e. The molecule has 6 heteroatoms. The second-order valence-corrected chi connectivity index (χ2v) is 8.49. The standard InChI is InChI=1S/C24H30Cl2N2O2/c1-5-17(4)27-24(30)22(6-2)28(15-19-9-7-8-16(3)12-19)23(29)14-18-10-11-20(25)21(26)13-18/h7-13,17,22H,5-6,14-15H2,1-4H3,(H,27,30)/t17-,22-/m0/s1. The lowest BCUT2D eigenvalue weighted by atomic mass is 10.1. The molecular formula is C24H30Cl2N2O2. The van der Waals surface area contributed by atoms with Crippen LogP contribution in [0.3, 0.4) is 0 Å². The third-order valence-electron chi connectivity index (χ3n) is 5.16. The Kier molecular flexibility index (Phi) is 9.19. The molecule has 0 fully saturated rings. The van der Waals surface area contributed by atoms with E-state index in [-0.39, 0.29) is 24.3 Å². The molecule has 0 aromatic heterocycles. The van der Waals surface area contributed by atoms with Crippen molar-refractivity contribution in [3.8, 4) is 0 Å². The Labute approximate surface area is 189 Å². The van der Waals surface area contributed by atoms with Crippen molar-refractivity contribution in [2.75, 3.05) is 0 Å². The number of hydrogen-bond donors (Lipinski definition) is 1. The topological polar surface area (TPSA) is 49.4 Å². The van der Waals surface area contributed by atoms with Gasteiger partial charge < -0.3 is 10.2 Å². The van der Waals surface area contributed by atoms with Crippen LogP contribution in [0.5, 0.6) is 0 Å². The summed E-state index contributed by atoms with van der Waals surface area (Å²) in [7, 11) is 0. The van der Waals surface area contributed by atoms with E-state index in [1.54, 1.807) is 23.1 Å². The number of rotatable bonds is 9. The zero-order valence-electron chi connectivity index (χ0n) is 18.0. The first-order valence-electron chi connectivity index (χ1n) is 10.3. The van der Waals surface area contributed by atoms with Crippen molar-refractivity contribution in [1.29, 1.82) is 0 Å². The highest BCUT2D eigenvalue weighted by molar-refractivity contribution is 6.42. The van der Waals surface area contributed by atoms with E-state index < -0.39 is 6.04 Å². The Morgan fingerprint density at radius 3 is 2.33 bits per heavy atom. The Morgan fingerprint density at radius 2 is 1.73 bits per heavy atom. The lowest BCUT2D eigenvalue weighted by molar-refractivity contribution is -0.141. The summed E-state index contributed by atoms with van der Waals surface area (Å²) in [6.07, 6.45) is 1.51. The van der Waals surface area contributed by atoms with E-state index >= 15 is 0 Å². The van der Waals surface area contributed by atoms with Crippen molar-refractivity contribution >= 4 is 35.0 Å². The van der Waals surface area contributed by atoms with Gasteiger partial charge in [0.05, 0.1) is 16.5 Å². The average Bonchev–Trinajstić information content (AvgIpc) is 2.70. The molecule has 2 rings (SSSR count). The van der Waals surface area contributed by atoms with Crippen LogP contribution in [0.1, 0.15) is 50.3 Å². The molecule has 1 N–H and O–H groups in total. The summed E-state index contributed by atoms with van der Waals surface area (Å²) in [5, 5.41) is 3.88. The minimum Gasteiger partial charge on any atom is -0.352 e. The van der Waals surface area contributed by atoms with Crippen LogP contribution in [0, 0.1) is 6.92 Å². The largest absolute Gasteiger partial charge is 0.352 e. The van der Waals surface area contributed by atoms with E-state index in [2.05, 4.69) is 5.32 Å². The van der Waals surface area contributed by atoms with Gasteiger partial charge in [-0.25, -0.2) is 0 Å². The summed E-state index contributed by atoms with van der Waals surface area (Å²) >= 11 is 12.1. The molecule has 2 aromatic rings. The third kappa shape index (κ3) is 6.75. The number of aryl methyl sites for hydroxylation is 1. The second-order valence-electron chi connectivity index (χ2n) is 7.68. The maximum atomic E-state index is 13.3. The van der Waals surface area contributed by atoms with E-state index in [0.717, 1.165) is 23.1 Å². The molecule has 162 valence electrons. The highest BCUT2D eigenvalue weighted by Crippen LogP contribution is 2.24. The lowest BCUT2D eigenvalue weighted by Gasteiger charge is -2.31. The van der Waals surface area contributed by atoms with Gasteiger partial charge in [-0.3, -0.25) is 9.59 Å². The normalized spacial score (nSPS) is 12.9. The van der Waals surface area contributed by atoms with Crippen molar-refractivity contribution in [2.24, 2.45) is 0 Å². The maximum Gasteiger partial charge on any atom is 0.243 e. The molecule has 2 atom stereocenters. The monoisotopic (exact) mass is 448 g/mol. The minimum absolute atomic E-state index is 0.0533. The van der Waals surface area contributed by atoms with Gasteiger partial charge in [0.15, 0.2) is 0 Å². The van der Waals surface area contributed by atoms with E-state index in [9.17, 15) is 9.59 Å². The van der Waals surface area contributed by atoms with Gasteiger partial charge in [0.25, 0.3) is 0 Å². The van der Waals surface area contributed by atoms with Gasteiger partial charge in [-0.15, -0.1) is 0 Å². The zero-order chi connectivity index (χ0) is 22.3. The number of carbonyl (C=O) groups is 2. The highest BCUT2D eigenvalue weighted by Gasteiger charge is 2.29. The van der Waals surface area contributed by atoms with Crippen LogP contribution in [0.2, 0.25) is 10.0 Å². The summed E-state index contributed by atoms with van der Waals surface area (Å²) in [5.74, 6) is -0.247. The molecule has 4 nitrogen and oxygen atoms in total. The van der Waals surface area contributed by atoms with E-state index in [0.29, 0.717) is 23.0 Å². The van der Waals surface area contributed by atoms with Gasteiger partial charge in [0.1, 0.15) is 6.04 Å². The first-order chi connectivity index (χ1) is 14.2. The fourth-order valence-electron chi connectivity index (χ4n) is 3.29. The summed E-state index contributed by atoms with van der Waals surface area (Å²) in [4.78, 5) is 28.0. The average molecular weight is 449 g/mol. The van der Waals surface area contributed by atoms with Crippen LogP contribution in [0.4, 0.5) is 0 Å². The van der Waals surface area contributed by atoms with E-state index in [1.165, 1.54) is 0 Å². The molecule has 0 aliphatic rings. The van der Waals surface area contributed by atoms with E-state index in [1.807, 2.05) is 52.0 Å². The Morgan fingerprint density at radius 1 is 1.00 bits per heavy atom. The molecular weight excluding hydrogens is 419 g/mol. The number of halogens is 2. The molecule has 2 aromatic carbocycles. The van der Waals surface area contributed by atoms with Crippen molar-refractivity contribution < 1.29 is 9.59 Å². The molecule has 0 unspecified atom stereocenters. The zero-order valence-corrected chi connectivity index (χ0v) is 19.6. The van der Waals surface area contributed by atoms with Gasteiger partial charge in [-0.2, -0.15) is 0 Å². The highest BCUT2D eigenvalue weighted by atomic mass is 35.5. The minimum atomic E-state index is -0.546. The number of amides is 2. The Bertz CT molecular complexity index is 885. The van der Waals surface area contributed by atoms with Crippen LogP contribution in [-0.2, 0) is 22.6 Å². The Hall–Kier alpha value is -2.04. The van der Waals surface area contributed by atoms with Crippen LogP contribution in [0.25, 0.3) is 0 Å². The first kappa shape index (κ1) is 24.2. The molecule has 0 saturated heterocycles. The SMILES string of the molecule is CC[C@H](C)NC(=O)[C@H](CC)N(Cc1cccc(C)c1)C(=O)Cc1ccc(Cl)c(Cl)c1. The van der Waals surface area contributed by atoms with Gasteiger partial charge in [0, 0.05) is 12.6 Å². The van der Waals surface area contributed by atoms with Crippen LogP contribution >= 0.6 is 23.2 Å². The van der Waals surface area contributed by atoms with Crippen molar-refractivity contribution in [3.63, 3.8) is 0 Å². The first-order valence-corrected chi connectivity index (χ1v) is 11.1. The van der Waals surface area contributed by atoms with Gasteiger partial charge in [0.2, 0.25) is 11.8 Å². The Balaban J connectivity index is 2.31. The van der Waals surface area contributed by atoms with Crippen molar-refractivity contribution in [3.05, 3.63) is 69.2 Å². The van der Waals surface area contributed by atoms with Gasteiger partial charge in [-0.05, 0) is 49.9 Å². The maximum absolute atomic E-state index is 13.3. The lowest BCUT2D eigenvalue weighted by Crippen LogP contribution is -2.51. The van der Waals surface area contributed by atoms with Crippen molar-refractivity contribution in [2.45, 2.75) is 65.6 Å². The fourth-order valence-corrected chi connectivity index (χ4v) is 3.61. The van der Waals surface area contributed by atoms with Crippen LogP contribution in [0.15, 0.2) is 42.5 Å². The number of benzene rings is 2. The second kappa shape index (κ2) is 11.4. The number of nitrogens with one attached hydrogen (secondary N) is 1. The van der Waals surface area contributed by atoms with Crippen molar-refractivity contribution in [1.82, 2.24) is 10.2 Å². The molecule has 0 aliphatic carbocycles. The predicted octanol–water partition coefficient (Wildman–Crippen LogP) is 5.57. The van der Waals surface area contributed by atoms with Crippen LogP contribution in [-0.4, -0.2) is 28.8 Å².